The Hall–Kier alpha value is -1.04. The van der Waals surface area contributed by atoms with E-state index in [2.05, 4.69) is 10.4 Å². The van der Waals surface area contributed by atoms with Gasteiger partial charge in [0.25, 0.3) is 0 Å². The average molecular weight is 275 g/mol. The molecule has 1 aliphatic rings. The molecule has 1 saturated carbocycles. The third-order valence-corrected chi connectivity index (χ3v) is 3.59. The van der Waals surface area contributed by atoms with Crippen LogP contribution in [0.5, 0.6) is 0 Å². The van der Waals surface area contributed by atoms with E-state index in [4.69, 9.17) is 0 Å². The Balaban J connectivity index is 1.74. The highest BCUT2D eigenvalue weighted by atomic mass is 19.4. The lowest BCUT2D eigenvalue weighted by Gasteiger charge is -2.15. The molecule has 6 heteroatoms. The first-order chi connectivity index (χ1) is 9.05. The summed E-state index contributed by atoms with van der Waals surface area (Å²) in [6, 6.07) is 0.514. The van der Waals surface area contributed by atoms with Gasteiger partial charge in [0.05, 0.1) is 18.3 Å². The first-order valence-corrected chi connectivity index (χ1v) is 6.89. The monoisotopic (exact) mass is 275 g/mol. The van der Waals surface area contributed by atoms with Gasteiger partial charge in [-0.1, -0.05) is 25.7 Å². The van der Waals surface area contributed by atoms with Crippen molar-refractivity contribution in [2.24, 2.45) is 0 Å². The Morgan fingerprint density at radius 1 is 1.21 bits per heavy atom. The summed E-state index contributed by atoms with van der Waals surface area (Å²) in [5.74, 6) is 0. The number of nitrogens with one attached hydrogen (secondary N) is 1. The molecular formula is C13H20F3N3. The number of aromatic nitrogens is 2. The van der Waals surface area contributed by atoms with Crippen LogP contribution in [-0.4, -0.2) is 22.4 Å². The Bertz CT molecular complexity index is 379. The Morgan fingerprint density at radius 2 is 1.89 bits per heavy atom. The van der Waals surface area contributed by atoms with Gasteiger partial charge in [0.2, 0.25) is 0 Å². The minimum Gasteiger partial charge on any atom is -0.312 e. The molecule has 1 fully saturated rings. The van der Waals surface area contributed by atoms with Gasteiger partial charge in [-0.3, -0.25) is 4.68 Å². The molecule has 1 aliphatic carbocycles. The second kappa shape index (κ2) is 6.41. The third-order valence-electron chi connectivity index (χ3n) is 3.59. The number of hydrogen-bond donors (Lipinski definition) is 1. The lowest BCUT2D eigenvalue weighted by atomic mass is 10.1. The molecule has 0 saturated heterocycles. The first kappa shape index (κ1) is 14.4. The van der Waals surface area contributed by atoms with Crippen LogP contribution in [0.25, 0.3) is 0 Å². The van der Waals surface area contributed by atoms with Crippen molar-refractivity contribution in [3.8, 4) is 0 Å². The van der Waals surface area contributed by atoms with E-state index < -0.39 is 11.7 Å². The second-order valence-electron chi connectivity index (χ2n) is 5.13. The van der Waals surface area contributed by atoms with E-state index >= 15 is 0 Å². The van der Waals surface area contributed by atoms with Gasteiger partial charge in [-0.25, -0.2) is 0 Å². The van der Waals surface area contributed by atoms with Crippen LogP contribution < -0.4 is 5.32 Å². The zero-order valence-corrected chi connectivity index (χ0v) is 10.9. The highest BCUT2D eigenvalue weighted by Gasteiger charge is 2.32. The normalized spacial score (nSPS) is 18.5. The van der Waals surface area contributed by atoms with Gasteiger partial charge in [0.1, 0.15) is 0 Å². The van der Waals surface area contributed by atoms with Crippen molar-refractivity contribution in [3.05, 3.63) is 18.0 Å². The number of halogens is 3. The Labute approximate surface area is 111 Å². The molecule has 0 unspecified atom stereocenters. The number of nitrogens with zero attached hydrogens (tertiary/aromatic N) is 2. The number of hydrogen-bond acceptors (Lipinski definition) is 2. The lowest BCUT2D eigenvalue weighted by Crippen LogP contribution is -2.31. The smallest absolute Gasteiger partial charge is 0.312 e. The summed E-state index contributed by atoms with van der Waals surface area (Å²) in [5, 5.41) is 7.16. The van der Waals surface area contributed by atoms with Crippen molar-refractivity contribution in [2.75, 3.05) is 6.54 Å². The minimum atomic E-state index is -4.30. The maximum absolute atomic E-state index is 12.4. The highest BCUT2D eigenvalue weighted by molar-refractivity contribution is 5.08. The lowest BCUT2D eigenvalue weighted by molar-refractivity contribution is -0.137. The van der Waals surface area contributed by atoms with Gasteiger partial charge >= 0.3 is 6.18 Å². The van der Waals surface area contributed by atoms with Gasteiger partial charge in [-0.15, -0.1) is 0 Å². The molecule has 0 radical (unpaired) electrons. The van der Waals surface area contributed by atoms with E-state index in [9.17, 15) is 13.2 Å². The van der Waals surface area contributed by atoms with Crippen molar-refractivity contribution in [1.29, 1.82) is 0 Å². The summed E-state index contributed by atoms with van der Waals surface area (Å²) < 4.78 is 38.5. The van der Waals surface area contributed by atoms with Crippen LogP contribution in [0, 0.1) is 0 Å². The van der Waals surface area contributed by atoms with Crippen LogP contribution in [0.1, 0.15) is 44.1 Å². The fourth-order valence-electron chi connectivity index (χ4n) is 2.50. The van der Waals surface area contributed by atoms with Gasteiger partial charge in [0.15, 0.2) is 0 Å². The molecule has 0 aliphatic heterocycles. The molecule has 1 N–H and O–H groups in total. The summed E-state index contributed by atoms with van der Waals surface area (Å²) in [6.07, 6.45) is 5.08. The van der Waals surface area contributed by atoms with E-state index in [1.54, 1.807) is 0 Å². The first-order valence-electron chi connectivity index (χ1n) is 6.89. The van der Waals surface area contributed by atoms with Gasteiger partial charge in [0, 0.05) is 18.8 Å². The van der Waals surface area contributed by atoms with Crippen LogP contribution in [0.2, 0.25) is 0 Å². The molecular weight excluding hydrogens is 255 g/mol. The average Bonchev–Trinajstić information content (AvgIpc) is 2.67. The van der Waals surface area contributed by atoms with Crippen molar-refractivity contribution in [3.63, 3.8) is 0 Å². The molecule has 1 heterocycles. The van der Waals surface area contributed by atoms with Crippen molar-refractivity contribution in [2.45, 2.75) is 57.3 Å². The second-order valence-corrected chi connectivity index (χ2v) is 5.13. The Morgan fingerprint density at radius 3 is 2.47 bits per heavy atom. The molecule has 3 nitrogen and oxygen atoms in total. The van der Waals surface area contributed by atoms with Crippen molar-refractivity contribution in [1.82, 2.24) is 15.1 Å². The van der Waals surface area contributed by atoms with E-state index in [0.29, 0.717) is 19.1 Å². The zero-order chi connectivity index (χ0) is 13.7. The molecule has 2 rings (SSSR count). The third kappa shape index (κ3) is 4.53. The fourth-order valence-corrected chi connectivity index (χ4v) is 2.50. The summed E-state index contributed by atoms with van der Waals surface area (Å²) >= 11 is 0. The Kier molecular flexibility index (Phi) is 4.85. The number of rotatable bonds is 4. The summed E-state index contributed by atoms with van der Waals surface area (Å²) in [6.45, 7) is 1.15. The molecule has 0 spiro atoms. The van der Waals surface area contributed by atoms with Gasteiger partial charge in [-0.05, 0) is 12.8 Å². The van der Waals surface area contributed by atoms with Gasteiger partial charge in [-0.2, -0.15) is 18.3 Å². The van der Waals surface area contributed by atoms with E-state index in [1.165, 1.54) is 43.2 Å². The topological polar surface area (TPSA) is 29.9 Å². The van der Waals surface area contributed by atoms with Crippen molar-refractivity contribution < 1.29 is 13.2 Å². The fraction of sp³-hybridized carbons (Fsp3) is 0.769. The SMILES string of the molecule is FC(F)(F)c1cnn(CCNC2CCCCCC2)c1. The highest BCUT2D eigenvalue weighted by Crippen LogP contribution is 2.28. The maximum atomic E-state index is 12.4. The van der Waals surface area contributed by atoms with Crippen LogP contribution in [-0.2, 0) is 12.7 Å². The minimum absolute atomic E-state index is 0.479. The quantitative estimate of drug-likeness (QED) is 0.855. The molecule has 1 aromatic rings. The number of alkyl halides is 3. The summed E-state index contributed by atoms with van der Waals surface area (Å²) in [5.41, 5.74) is -0.679. The molecule has 0 atom stereocenters. The van der Waals surface area contributed by atoms with Crippen molar-refractivity contribution >= 4 is 0 Å². The standard InChI is InChI=1S/C13H20F3N3/c14-13(15,16)11-9-18-19(10-11)8-7-17-12-5-3-1-2-4-6-12/h9-10,12,17H,1-8H2. The van der Waals surface area contributed by atoms with E-state index in [0.717, 1.165) is 12.4 Å². The van der Waals surface area contributed by atoms with E-state index in [-0.39, 0.29) is 0 Å². The summed E-state index contributed by atoms with van der Waals surface area (Å²) in [7, 11) is 0. The predicted octanol–water partition coefficient (Wildman–Crippen LogP) is 3.21. The molecule has 0 amide bonds. The van der Waals surface area contributed by atoms with Crippen LogP contribution in [0.4, 0.5) is 13.2 Å². The predicted molar refractivity (Wildman–Crippen MR) is 66.7 cm³/mol. The summed E-state index contributed by atoms with van der Waals surface area (Å²) in [4.78, 5) is 0. The van der Waals surface area contributed by atoms with Crippen LogP contribution >= 0.6 is 0 Å². The molecule has 19 heavy (non-hydrogen) atoms. The van der Waals surface area contributed by atoms with Gasteiger partial charge < -0.3 is 5.32 Å². The maximum Gasteiger partial charge on any atom is 0.419 e. The molecule has 108 valence electrons. The molecule has 0 bridgehead atoms. The molecule has 1 aromatic heterocycles. The molecule has 0 aromatic carbocycles. The van der Waals surface area contributed by atoms with Crippen LogP contribution in [0.15, 0.2) is 12.4 Å². The van der Waals surface area contributed by atoms with Crippen LogP contribution in [0.3, 0.4) is 0 Å². The zero-order valence-electron chi connectivity index (χ0n) is 10.9. The van der Waals surface area contributed by atoms with E-state index in [1.807, 2.05) is 0 Å². The largest absolute Gasteiger partial charge is 0.419 e.